The summed E-state index contributed by atoms with van der Waals surface area (Å²) in [6, 6.07) is 18.5. The van der Waals surface area contributed by atoms with Gasteiger partial charge in [-0.15, -0.1) is 0 Å². The molecule has 0 radical (unpaired) electrons. The summed E-state index contributed by atoms with van der Waals surface area (Å²) in [6.07, 6.45) is 14.7. The topological polar surface area (TPSA) is 35.5 Å². The van der Waals surface area contributed by atoms with E-state index in [0.717, 1.165) is 56.8 Å². The minimum atomic E-state index is -0.503. The van der Waals surface area contributed by atoms with E-state index in [1.54, 1.807) is 0 Å². The molecular formula is C34H48O3. The average molecular weight is 505 g/mol. The Balaban J connectivity index is 1.26. The van der Waals surface area contributed by atoms with Crippen molar-refractivity contribution < 1.29 is 14.3 Å². The van der Waals surface area contributed by atoms with Gasteiger partial charge in [-0.05, 0) is 105 Å². The Morgan fingerprint density at radius 3 is 1.81 bits per heavy atom. The van der Waals surface area contributed by atoms with Crippen molar-refractivity contribution in [1.82, 2.24) is 0 Å². The summed E-state index contributed by atoms with van der Waals surface area (Å²) in [4.78, 5) is 12.1. The molecule has 0 saturated heterocycles. The second kappa shape index (κ2) is 13.5. The van der Waals surface area contributed by atoms with Crippen LogP contribution in [0.1, 0.15) is 127 Å². The summed E-state index contributed by atoms with van der Waals surface area (Å²) < 4.78 is 11.0. The molecule has 0 heterocycles. The van der Waals surface area contributed by atoms with Crippen molar-refractivity contribution in [2.75, 3.05) is 6.61 Å². The minimum Gasteiger partial charge on any atom is -0.434 e. The fourth-order valence-corrected chi connectivity index (χ4v) is 6.49. The molecule has 2 aliphatic rings. The first-order valence-corrected chi connectivity index (χ1v) is 15.1. The lowest BCUT2D eigenvalue weighted by atomic mass is 9.76. The predicted octanol–water partition coefficient (Wildman–Crippen LogP) is 10.2. The van der Waals surface area contributed by atoms with Gasteiger partial charge in [-0.25, -0.2) is 4.79 Å². The lowest BCUT2D eigenvalue weighted by Crippen LogP contribution is -2.36. The summed E-state index contributed by atoms with van der Waals surface area (Å²) in [6.45, 7) is 6.97. The summed E-state index contributed by atoms with van der Waals surface area (Å²) in [5, 5.41) is 0. The first-order chi connectivity index (χ1) is 18.0. The number of hydrogen-bond donors (Lipinski definition) is 0. The third-order valence-electron chi connectivity index (χ3n) is 8.98. The van der Waals surface area contributed by atoms with Crippen molar-refractivity contribution in [3.05, 3.63) is 59.7 Å². The van der Waals surface area contributed by atoms with Gasteiger partial charge in [0.25, 0.3) is 0 Å². The van der Waals surface area contributed by atoms with E-state index in [1.807, 2.05) is 0 Å². The third-order valence-corrected chi connectivity index (χ3v) is 8.98. The molecule has 2 aromatic carbocycles. The predicted molar refractivity (Wildman–Crippen MR) is 153 cm³/mol. The van der Waals surface area contributed by atoms with Crippen molar-refractivity contribution in [1.29, 1.82) is 0 Å². The highest BCUT2D eigenvalue weighted by Gasteiger charge is 2.35. The van der Waals surface area contributed by atoms with Crippen LogP contribution in [-0.4, -0.2) is 18.4 Å². The molecule has 0 amide bonds. The number of unbranched alkanes of at least 4 members (excludes halogenated alkanes) is 2. The molecule has 0 N–H and O–H groups in total. The zero-order chi connectivity index (χ0) is 26.1. The van der Waals surface area contributed by atoms with Crippen LogP contribution in [-0.2, 0) is 9.47 Å². The maximum atomic E-state index is 12.1. The normalized spacial score (nSPS) is 26.0. The van der Waals surface area contributed by atoms with Crippen LogP contribution in [0.25, 0.3) is 11.1 Å². The Morgan fingerprint density at radius 1 is 0.757 bits per heavy atom. The third kappa shape index (κ3) is 7.85. The van der Waals surface area contributed by atoms with E-state index in [9.17, 15) is 4.79 Å². The second-order valence-electron chi connectivity index (χ2n) is 11.9. The molecule has 0 atom stereocenters. The summed E-state index contributed by atoms with van der Waals surface area (Å²) in [7, 11) is 0. The summed E-state index contributed by atoms with van der Waals surface area (Å²) in [5.41, 5.74) is 5.10. The van der Waals surface area contributed by atoms with Gasteiger partial charge in [0.15, 0.2) is 0 Å². The lowest BCUT2D eigenvalue weighted by Gasteiger charge is -2.36. The number of hydrogen-bond acceptors (Lipinski definition) is 3. The number of carbonyl (C=O) groups is 1. The Bertz CT molecular complexity index is 946. The molecule has 0 spiro atoms. The van der Waals surface area contributed by atoms with Crippen LogP contribution in [0.4, 0.5) is 4.79 Å². The number of ether oxygens (including phenoxy) is 2. The van der Waals surface area contributed by atoms with Gasteiger partial charge in [-0.1, -0.05) is 88.1 Å². The van der Waals surface area contributed by atoms with Crippen molar-refractivity contribution in [2.24, 2.45) is 5.92 Å². The van der Waals surface area contributed by atoms with Gasteiger partial charge in [0.05, 0.1) is 6.61 Å². The minimum absolute atomic E-state index is 0.407. The molecule has 0 aliphatic heterocycles. The zero-order valence-corrected chi connectivity index (χ0v) is 23.5. The molecule has 2 aromatic rings. The average Bonchev–Trinajstić information content (AvgIpc) is 2.92. The highest BCUT2D eigenvalue weighted by molar-refractivity contribution is 5.64. The quantitative estimate of drug-likeness (QED) is 0.238. The smallest absolute Gasteiger partial charge is 0.434 e. The van der Waals surface area contributed by atoms with Crippen LogP contribution in [0.3, 0.4) is 0 Å². The Hall–Kier alpha value is -2.29. The van der Waals surface area contributed by atoms with Crippen LogP contribution in [0.15, 0.2) is 48.5 Å². The molecule has 3 heteroatoms. The van der Waals surface area contributed by atoms with Crippen LogP contribution in [0, 0.1) is 5.92 Å². The molecular weight excluding hydrogens is 456 g/mol. The van der Waals surface area contributed by atoms with E-state index in [-0.39, 0.29) is 0 Å². The fraction of sp³-hybridized carbons (Fsp3) is 0.618. The molecule has 2 aliphatic carbocycles. The molecule has 2 fully saturated rings. The maximum Gasteiger partial charge on any atom is 0.508 e. The number of carbonyl (C=O) groups excluding carboxylic acids is 1. The van der Waals surface area contributed by atoms with Gasteiger partial charge in [0.1, 0.15) is 5.60 Å². The lowest BCUT2D eigenvalue weighted by molar-refractivity contribution is -0.0468. The monoisotopic (exact) mass is 504 g/mol. The Kier molecular flexibility index (Phi) is 10.1. The van der Waals surface area contributed by atoms with Crippen molar-refractivity contribution >= 4 is 6.16 Å². The SMILES string of the molecule is CCCCCOC(=O)OC1(C)CCC(c2ccc(-c3ccc(C4CCC(CCC)CC4)cc3)cc2)CC1. The number of rotatable bonds is 10. The van der Waals surface area contributed by atoms with Crippen molar-refractivity contribution in [2.45, 2.75) is 122 Å². The van der Waals surface area contributed by atoms with Gasteiger partial charge in [0.2, 0.25) is 0 Å². The van der Waals surface area contributed by atoms with E-state index < -0.39 is 11.8 Å². The number of benzene rings is 2. The molecule has 0 unspecified atom stereocenters. The summed E-state index contributed by atoms with van der Waals surface area (Å²) >= 11 is 0. The van der Waals surface area contributed by atoms with Gasteiger partial charge in [-0.2, -0.15) is 0 Å². The molecule has 0 aromatic heterocycles. The second-order valence-corrected chi connectivity index (χ2v) is 11.9. The summed E-state index contributed by atoms with van der Waals surface area (Å²) in [5.74, 6) is 2.23. The van der Waals surface area contributed by atoms with Gasteiger partial charge in [0, 0.05) is 0 Å². The van der Waals surface area contributed by atoms with E-state index in [4.69, 9.17) is 9.47 Å². The Labute approximate surface area is 225 Å². The Morgan fingerprint density at radius 2 is 1.30 bits per heavy atom. The molecule has 0 bridgehead atoms. The van der Waals surface area contributed by atoms with Crippen molar-refractivity contribution in [3.63, 3.8) is 0 Å². The van der Waals surface area contributed by atoms with Crippen LogP contribution < -0.4 is 0 Å². The standard InChI is InChI=1S/C34H48O3/c1-4-6-7-25-36-33(35)37-34(3)23-21-32(22-24-34)31-19-17-30(18-20-31)29-15-13-28(14-16-29)27-11-9-26(8-5-2)10-12-27/h13-20,26-27,32H,4-12,21-25H2,1-3H3. The molecule has 202 valence electrons. The van der Waals surface area contributed by atoms with Gasteiger partial charge < -0.3 is 9.47 Å². The zero-order valence-electron chi connectivity index (χ0n) is 23.5. The molecule has 3 nitrogen and oxygen atoms in total. The first-order valence-electron chi connectivity index (χ1n) is 15.1. The molecule has 4 rings (SSSR count). The molecule has 37 heavy (non-hydrogen) atoms. The van der Waals surface area contributed by atoms with Gasteiger partial charge in [-0.3, -0.25) is 0 Å². The molecule has 2 saturated carbocycles. The van der Waals surface area contributed by atoms with E-state index in [1.165, 1.54) is 60.8 Å². The van der Waals surface area contributed by atoms with Crippen molar-refractivity contribution in [3.8, 4) is 11.1 Å². The van der Waals surface area contributed by atoms with E-state index in [2.05, 4.69) is 69.3 Å². The van der Waals surface area contributed by atoms with Crippen LogP contribution in [0.2, 0.25) is 0 Å². The fourth-order valence-electron chi connectivity index (χ4n) is 6.49. The van der Waals surface area contributed by atoms with Gasteiger partial charge >= 0.3 is 6.16 Å². The highest BCUT2D eigenvalue weighted by atomic mass is 16.7. The van der Waals surface area contributed by atoms with Crippen LogP contribution in [0.5, 0.6) is 0 Å². The maximum absolute atomic E-state index is 12.1. The largest absolute Gasteiger partial charge is 0.508 e. The van der Waals surface area contributed by atoms with Crippen LogP contribution >= 0.6 is 0 Å². The first kappa shape index (κ1) is 27.7. The van der Waals surface area contributed by atoms with E-state index >= 15 is 0 Å². The highest BCUT2D eigenvalue weighted by Crippen LogP contribution is 2.41. The van der Waals surface area contributed by atoms with E-state index in [0.29, 0.717) is 12.5 Å².